The Balaban J connectivity index is 1.97. The Bertz CT molecular complexity index is 903. The minimum Gasteiger partial charge on any atom is -0.345 e. The molecule has 1 aromatic carbocycles. The average Bonchev–Trinajstić information content (AvgIpc) is 3.22. The largest absolute Gasteiger partial charge is 0.345 e. The molecule has 3 aromatic rings. The van der Waals surface area contributed by atoms with E-state index in [1.807, 2.05) is 36.4 Å². The van der Waals surface area contributed by atoms with E-state index in [2.05, 4.69) is 15.4 Å². The molecule has 3 rings (SSSR count). The van der Waals surface area contributed by atoms with Gasteiger partial charge in [-0.2, -0.15) is 15.6 Å². The van der Waals surface area contributed by atoms with Crippen molar-refractivity contribution in [3.63, 3.8) is 0 Å². The Morgan fingerprint density at radius 3 is 2.74 bits per heavy atom. The van der Waals surface area contributed by atoms with E-state index in [0.29, 0.717) is 11.3 Å². The molecule has 0 radical (unpaired) electrons. The number of hydrogen-bond donors (Lipinski definition) is 1. The number of rotatable bonds is 3. The molecule has 0 saturated heterocycles. The summed E-state index contributed by atoms with van der Waals surface area (Å²) in [7, 11) is 3.46. The van der Waals surface area contributed by atoms with Crippen LogP contribution in [0.3, 0.4) is 0 Å². The van der Waals surface area contributed by atoms with Crippen molar-refractivity contribution in [2.45, 2.75) is 0 Å². The third-order valence-corrected chi connectivity index (χ3v) is 4.43. The summed E-state index contributed by atoms with van der Waals surface area (Å²) in [5, 5.41) is 19.3. The molecule has 0 fully saturated rings. The number of thiophene rings is 1. The number of carbonyl (C=O) groups is 1. The molecule has 6 nitrogen and oxygen atoms in total. The summed E-state index contributed by atoms with van der Waals surface area (Å²) in [6, 6.07) is 13.3. The van der Waals surface area contributed by atoms with Gasteiger partial charge in [0.2, 0.25) is 0 Å². The molecule has 2 heterocycles. The summed E-state index contributed by atoms with van der Waals surface area (Å²) in [6.07, 6.45) is 0. The molecule has 0 aliphatic heterocycles. The number of nitrogens with zero attached hydrogens (tertiary/aromatic N) is 4. The number of carbonyl (C=O) groups excluding carboxylic acids is 1. The number of benzene rings is 1. The highest BCUT2D eigenvalue weighted by Crippen LogP contribution is 2.34. The van der Waals surface area contributed by atoms with Crippen LogP contribution in [0.15, 0.2) is 36.4 Å². The van der Waals surface area contributed by atoms with E-state index >= 15 is 0 Å². The number of nitriles is 1. The molecule has 0 bridgehead atoms. The van der Waals surface area contributed by atoms with Crippen molar-refractivity contribution in [1.29, 1.82) is 5.26 Å². The van der Waals surface area contributed by atoms with Crippen LogP contribution in [-0.2, 0) is 0 Å². The number of amides is 1. The quantitative estimate of drug-likeness (QED) is 0.803. The van der Waals surface area contributed by atoms with Crippen LogP contribution in [0.4, 0.5) is 0 Å². The molecule has 114 valence electrons. The van der Waals surface area contributed by atoms with Crippen molar-refractivity contribution in [3.05, 3.63) is 47.7 Å². The normalized spacial score (nSPS) is 10.3. The highest BCUT2D eigenvalue weighted by molar-refractivity contribution is 7.18. The van der Waals surface area contributed by atoms with Crippen LogP contribution >= 0.6 is 11.3 Å². The van der Waals surface area contributed by atoms with Gasteiger partial charge in [-0.15, -0.1) is 16.4 Å². The first-order valence-electron chi connectivity index (χ1n) is 6.83. The lowest BCUT2D eigenvalue weighted by Gasteiger charge is -2.10. The van der Waals surface area contributed by atoms with Gasteiger partial charge in [-0.05, 0) is 29.8 Å². The summed E-state index contributed by atoms with van der Waals surface area (Å²) < 4.78 is 0. The predicted molar refractivity (Wildman–Crippen MR) is 87.9 cm³/mol. The number of aromatic nitrogens is 3. The van der Waals surface area contributed by atoms with Gasteiger partial charge < -0.3 is 4.90 Å². The maximum Gasteiger partial charge on any atom is 0.253 e. The van der Waals surface area contributed by atoms with Crippen LogP contribution in [0.2, 0.25) is 0 Å². The molecule has 0 aliphatic carbocycles. The molecule has 1 N–H and O–H groups in total. The van der Waals surface area contributed by atoms with E-state index in [9.17, 15) is 4.79 Å². The van der Waals surface area contributed by atoms with Crippen molar-refractivity contribution in [3.8, 4) is 27.1 Å². The summed E-state index contributed by atoms with van der Waals surface area (Å²) in [5.74, 6) is -0.0353. The highest BCUT2D eigenvalue weighted by Gasteiger charge is 2.14. The fourth-order valence-corrected chi connectivity index (χ4v) is 3.16. The van der Waals surface area contributed by atoms with Crippen LogP contribution in [0.1, 0.15) is 16.1 Å². The average molecular weight is 323 g/mol. The summed E-state index contributed by atoms with van der Waals surface area (Å²) in [5.41, 5.74) is 2.41. The van der Waals surface area contributed by atoms with Crippen molar-refractivity contribution in [2.75, 3.05) is 14.1 Å². The predicted octanol–water partition coefficient (Wildman–Crippen LogP) is 2.77. The molecule has 0 atom stereocenters. The Hall–Kier alpha value is -2.98. The second-order valence-electron chi connectivity index (χ2n) is 5.08. The zero-order valence-electron chi connectivity index (χ0n) is 12.6. The van der Waals surface area contributed by atoms with Gasteiger partial charge in [0.15, 0.2) is 5.69 Å². The van der Waals surface area contributed by atoms with Gasteiger partial charge in [-0.25, -0.2) is 0 Å². The van der Waals surface area contributed by atoms with E-state index < -0.39 is 0 Å². The van der Waals surface area contributed by atoms with Crippen LogP contribution in [-0.4, -0.2) is 40.3 Å². The Labute approximate surface area is 137 Å². The maximum atomic E-state index is 12.1. The Kier molecular flexibility index (Phi) is 3.91. The Morgan fingerprint density at radius 1 is 1.22 bits per heavy atom. The van der Waals surface area contributed by atoms with E-state index in [1.54, 1.807) is 25.1 Å². The summed E-state index contributed by atoms with van der Waals surface area (Å²) >= 11 is 1.50. The standard InChI is InChI=1S/C16H13N5OS/c1-21(2)16(22)11-5-3-4-10(8-11)13-6-7-14(23-13)15-12(9-17)18-20-19-15/h3-8H,1-2H3,(H,18,19,20). The second-order valence-corrected chi connectivity index (χ2v) is 6.16. The van der Waals surface area contributed by atoms with Crippen molar-refractivity contribution in [2.24, 2.45) is 0 Å². The summed E-state index contributed by atoms with van der Waals surface area (Å²) in [6.45, 7) is 0. The van der Waals surface area contributed by atoms with Crippen molar-refractivity contribution >= 4 is 17.2 Å². The molecule has 2 aromatic heterocycles. The lowest BCUT2D eigenvalue weighted by molar-refractivity contribution is 0.0827. The molecule has 23 heavy (non-hydrogen) atoms. The smallest absolute Gasteiger partial charge is 0.253 e. The molecular formula is C16H13N5OS. The minimum atomic E-state index is -0.0353. The van der Waals surface area contributed by atoms with E-state index in [4.69, 9.17) is 5.26 Å². The number of nitrogens with one attached hydrogen (secondary N) is 1. The van der Waals surface area contributed by atoms with E-state index in [-0.39, 0.29) is 11.6 Å². The Morgan fingerprint density at radius 2 is 2.00 bits per heavy atom. The SMILES string of the molecule is CN(C)C(=O)c1cccc(-c2ccc(-c3n[nH]nc3C#N)s2)c1. The first-order valence-corrected chi connectivity index (χ1v) is 7.65. The molecule has 0 aliphatic rings. The first kappa shape index (κ1) is 14.9. The third kappa shape index (κ3) is 2.84. The van der Waals surface area contributed by atoms with Crippen molar-refractivity contribution < 1.29 is 4.79 Å². The molecule has 0 spiro atoms. The number of hydrogen-bond acceptors (Lipinski definition) is 5. The van der Waals surface area contributed by atoms with Gasteiger partial charge in [-0.1, -0.05) is 12.1 Å². The maximum absolute atomic E-state index is 12.1. The van der Waals surface area contributed by atoms with Crippen LogP contribution in [0, 0.1) is 11.3 Å². The van der Waals surface area contributed by atoms with Gasteiger partial charge in [0.1, 0.15) is 11.8 Å². The third-order valence-electron chi connectivity index (χ3n) is 3.29. The molecule has 7 heteroatoms. The zero-order chi connectivity index (χ0) is 16.4. The van der Waals surface area contributed by atoms with Gasteiger partial charge >= 0.3 is 0 Å². The number of aromatic amines is 1. The zero-order valence-corrected chi connectivity index (χ0v) is 13.4. The first-order chi connectivity index (χ1) is 11.1. The fourth-order valence-electron chi connectivity index (χ4n) is 2.16. The molecule has 0 unspecified atom stereocenters. The van der Waals surface area contributed by atoms with Crippen LogP contribution < -0.4 is 0 Å². The van der Waals surface area contributed by atoms with Crippen LogP contribution in [0.25, 0.3) is 21.0 Å². The number of H-pyrrole nitrogens is 1. The molecule has 0 saturated carbocycles. The van der Waals surface area contributed by atoms with Gasteiger partial charge in [0.05, 0.1) is 4.88 Å². The van der Waals surface area contributed by atoms with Crippen molar-refractivity contribution in [1.82, 2.24) is 20.3 Å². The fraction of sp³-hybridized carbons (Fsp3) is 0.125. The van der Waals surface area contributed by atoms with Gasteiger partial charge in [0.25, 0.3) is 5.91 Å². The molecule has 1 amide bonds. The van der Waals surface area contributed by atoms with Gasteiger partial charge in [0, 0.05) is 24.5 Å². The van der Waals surface area contributed by atoms with Gasteiger partial charge in [-0.3, -0.25) is 4.79 Å². The van der Waals surface area contributed by atoms with Crippen LogP contribution in [0.5, 0.6) is 0 Å². The lowest BCUT2D eigenvalue weighted by Crippen LogP contribution is -2.21. The minimum absolute atomic E-state index is 0.0353. The monoisotopic (exact) mass is 323 g/mol. The molecular weight excluding hydrogens is 310 g/mol. The second kappa shape index (κ2) is 6.02. The topological polar surface area (TPSA) is 85.7 Å². The van der Waals surface area contributed by atoms with E-state index in [1.165, 1.54) is 11.3 Å². The lowest BCUT2D eigenvalue weighted by atomic mass is 10.1. The highest BCUT2D eigenvalue weighted by atomic mass is 32.1. The summed E-state index contributed by atoms with van der Waals surface area (Å²) in [4.78, 5) is 15.5. The van der Waals surface area contributed by atoms with E-state index in [0.717, 1.165) is 15.3 Å².